The van der Waals surface area contributed by atoms with Gasteiger partial charge in [0.05, 0.1) is 17.8 Å². The number of hydrogen-bond acceptors (Lipinski definition) is 4. The number of para-hydroxylation sites is 1. The fourth-order valence-corrected chi connectivity index (χ4v) is 2.42. The fraction of sp³-hybridized carbons (Fsp3) is 0.100. The van der Waals surface area contributed by atoms with Crippen molar-refractivity contribution in [2.24, 2.45) is 0 Å². The minimum atomic E-state index is -0.506. The molecule has 8 heteroatoms. The van der Waals surface area contributed by atoms with Gasteiger partial charge < -0.3 is 9.30 Å². The van der Waals surface area contributed by atoms with Crippen molar-refractivity contribution in [3.63, 3.8) is 0 Å². The number of rotatable bonds is 7. The SMILES string of the molecule is O=C(NNc1cccc(F)c1)c1ccc(=O)n(CCOc2ccccc2F)c1. The number of aromatic nitrogens is 1. The van der Waals surface area contributed by atoms with Gasteiger partial charge in [-0.05, 0) is 36.4 Å². The molecule has 1 heterocycles. The molecular weight excluding hydrogens is 368 g/mol. The van der Waals surface area contributed by atoms with Gasteiger partial charge in [-0.2, -0.15) is 0 Å². The highest BCUT2D eigenvalue weighted by Gasteiger charge is 2.08. The zero-order valence-corrected chi connectivity index (χ0v) is 14.7. The summed E-state index contributed by atoms with van der Waals surface area (Å²) in [5, 5.41) is 0. The first-order valence-electron chi connectivity index (χ1n) is 8.43. The molecule has 0 saturated carbocycles. The monoisotopic (exact) mass is 385 g/mol. The third-order valence-corrected chi connectivity index (χ3v) is 3.82. The highest BCUT2D eigenvalue weighted by Crippen LogP contribution is 2.15. The second-order valence-corrected chi connectivity index (χ2v) is 5.82. The van der Waals surface area contributed by atoms with Gasteiger partial charge in [0.1, 0.15) is 12.4 Å². The predicted octanol–water partition coefficient (Wildman–Crippen LogP) is 2.96. The number of benzene rings is 2. The van der Waals surface area contributed by atoms with Crippen molar-refractivity contribution in [2.75, 3.05) is 12.0 Å². The number of nitrogens with zero attached hydrogens (tertiary/aromatic N) is 1. The van der Waals surface area contributed by atoms with E-state index < -0.39 is 17.5 Å². The van der Waals surface area contributed by atoms with Crippen LogP contribution >= 0.6 is 0 Å². The van der Waals surface area contributed by atoms with Gasteiger partial charge in [0, 0.05) is 12.3 Å². The Morgan fingerprint density at radius 3 is 2.64 bits per heavy atom. The van der Waals surface area contributed by atoms with E-state index in [4.69, 9.17) is 4.74 Å². The number of hydrogen-bond donors (Lipinski definition) is 2. The molecule has 3 rings (SSSR count). The van der Waals surface area contributed by atoms with Crippen molar-refractivity contribution >= 4 is 11.6 Å². The summed E-state index contributed by atoms with van der Waals surface area (Å²) in [5.41, 5.74) is 5.29. The third-order valence-electron chi connectivity index (χ3n) is 3.82. The molecule has 0 atom stereocenters. The van der Waals surface area contributed by atoms with E-state index in [0.29, 0.717) is 5.69 Å². The lowest BCUT2D eigenvalue weighted by molar-refractivity contribution is 0.0961. The van der Waals surface area contributed by atoms with E-state index >= 15 is 0 Å². The van der Waals surface area contributed by atoms with Gasteiger partial charge in [-0.15, -0.1) is 0 Å². The summed E-state index contributed by atoms with van der Waals surface area (Å²) in [6.07, 6.45) is 1.37. The normalized spacial score (nSPS) is 10.4. The van der Waals surface area contributed by atoms with Crippen LogP contribution in [0.2, 0.25) is 0 Å². The molecule has 0 bridgehead atoms. The van der Waals surface area contributed by atoms with Crippen molar-refractivity contribution in [3.8, 4) is 5.75 Å². The standard InChI is InChI=1S/C20H17F2N3O3/c21-15-4-3-5-16(12-15)23-24-20(27)14-8-9-19(26)25(13-14)10-11-28-18-7-2-1-6-17(18)22/h1-9,12-13,23H,10-11H2,(H,24,27). The highest BCUT2D eigenvalue weighted by molar-refractivity contribution is 5.94. The molecule has 2 N–H and O–H groups in total. The van der Waals surface area contributed by atoms with E-state index in [1.807, 2.05) is 0 Å². The second-order valence-electron chi connectivity index (χ2n) is 5.82. The van der Waals surface area contributed by atoms with Crippen LogP contribution in [0.3, 0.4) is 0 Å². The van der Waals surface area contributed by atoms with Crippen molar-refractivity contribution < 1.29 is 18.3 Å². The zero-order valence-electron chi connectivity index (χ0n) is 14.7. The molecule has 0 aliphatic rings. The number of carbonyl (C=O) groups excluding carboxylic acids is 1. The van der Waals surface area contributed by atoms with Crippen molar-refractivity contribution in [1.29, 1.82) is 0 Å². The first-order valence-corrected chi connectivity index (χ1v) is 8.43. The van der Waals surface area contributed by atoms with E-state index in [9.17, 15) is 18.4 Å². The maximum atomic E-state index is 13.5. The molecule has 0 radical (unpaired) electrons. The summed E-state index contributed by atoms with van der Waals surface area (Å²) in [6, 6.07) is 14.2. The van der Waals surface area contributed by atoms with E-state index in [0.717, 1.165) is 0 Å². The molecule has 0 fully saturated rings. The summed E-state index contributed by atoms with van der Waals surface area (Å²) in [6.45, 7) is 0.180. The second kappa shape index (κ2) is 8.81. The molecule has 2 aromatic carbocycles. The summed E-state index contributed by atoms with van der Waals surface area (Å²) in [7, 11) is 0. The van der Waals surface area contributed by atoms with Crippen LogP contribution in [0.4, 0.5) is 14.5 Å². The maximum absolute atomic E-state index is 13.5. The summed E-state index contributed by atoms with van der Waals surface area (Å²) in [5.74, 6) is -1.36. The van der Waals surface area contributed by atoms with Gasteiger partial charge in [0.2, 0.25) is 0 Å². The average Bonchev–Trinajstić information content (AvgIpc) is 2.69. The van der Waals surface area contributed by atoms with Crippen LogP contribution < -0.4 is 21.1 Å². The van der Waals surface area contributed by atoms with Crippen LogP contribution in [-0.2, 0) is 6.54 Å². The number of halogens is 2. The molecule has 0 saturated heterocycles. The smallest absolute Gasteiger partial charge is 0.271 e. The van der Waals surface area contributed by atoms with Crippen molar-refractivity contribution in [3.05, 3.63) is 94.4 Å². The Bertz CT molecular complexity index is 1040. The van der Waals surface area contributed by atoms with Gasteiger partial charge in [-0.3, -0.25) is 20.4 Å². The van der Waals surface area contributed by atoms with E-state index in [1.54, 1.807) is 18.2 Å². The average molecular weight is 385 g/mol. The van der Waals surface area contributed by atoms with Crippen LogP contribution in [0.5, 0.6) is 5.75 Å². The highest BCUT2D eigenvalue weighted by atomic mass is 19.1. The number of carbonyl (C=O) groups is 1. The summed E-state index contributed by atoms with van der Waals surface area (Å²) in [4.78, 5) is 24.2. The third kappa shape index (κ3) is 4.94. The molecule has 28 heavy (non-hydrogen) atoms. The number of ether oxygens (including phenoxy) is 1. The van der Waals surface area contributed by atoms with E-state index in [-0.39, 0.29) is 30.0 Å². The molecule has 0 aliphatic heterocycles. The molecule has 1 aromatic heterocycles. The van der Waals surface area contributed by atoms with Crippen LogP contribution in [0.1, 0.15) is 10.4 Å². The Morgan fingerprint density at radius 1 is 1.04 bits per heavy atom. The van der Waals surface area contributed by atoms with Crippen LogP contribution in [0.15, 0.2) is 71.7 Å². The maximum Gasteiger partial charge on any atom is 0.271 e. The van der Waals surface area contributed by atoms with E-state index in [2.05, 4.69) is 10.9 Å². The molecule has 0 unspecified atom stereocenters. The van der Waals surface area contributed by atoms with Gasteiger partial charge in [-0.25, -0.2) is 8.78 Å². The van der Waals surface area contributed by atoms with E-state index in [1.165, 1.54) is 53.2 Å². The molecule has 0 aliphatic carbocycles. The van der Waals surface area contributed by atoms with Gasteiger partial charge in [0.25, 0.3) is 11.5 Å². The first kappa shape index (κ1) is 19.1. The summed E-state index contributed by atoms with van der Waals surface area (Å²) >= 11 is 0. The van der Waals surface area contributed by atoms with Crippen molar-refractivity contribution in [2.45, 2.75) is 6.54 Å². The molecule has 0 spiro atoms. The van der Waals surface area contributed by atoms with Gasteiger partial charge in [0.15, 0.2) is 11.6 Å². The lowest BCUT2D eigenvalue weighted by Gasteiger charge is -2.11. The molecule has 6 nitrogen and oxygen atoms in total. The quantitative estimate of drug-likeness (QED) is 0.614. The van der Waals surface area contributed by atoms with Gasteiger partial charge >= 0.3 is 0 Å². The Balaban J connectivity index is 1.61. The minimum Gasteiger partial charge on any atom is -0.489 e. The first-order chi connectivity index (χ1) is 13.5. The number of nitrogens with one attached hydrogen (secondary N) is 2. The summed E-state index contributed by atoms with van der Waals surface area (Å²) < 4.78 is 33.3. The lowest BCUT2D eigenvalue weighted by Crippen LogP contribution is -2.31. The van der Waals surface area contributed by atoms with Crippen LogP contribution in [0.25, 0.3) is 0 Å². The van der Waals surface area contributed by atoms with Crippen LogP contribution in [-0.4, -0.2) is 17.1 Å². The Kier molecular flexibility index (Phi) is 6.01. The Labute approximate surface area is 159 Å². The lowest BCUT2D eigenvalue weighted by atomic mass is 10.2. The minimum absolute atomic E-state index is 0.0491. The molecule has 144 valence electrons. The molecule has 3 aromatic rings. The zero-order chi connectivity index (χ0) is 19.9. The predicted molar refractivity (Wildman–Crippen MR) is 100 cm³/mol. The van der Waals surface area contributed by atoms with Crippen LogP contribution in [0, 0.1) is 11.6 Å². The molecule has 1 amide bonds. The number of pyridine rings is 1. The van der Waals surface area contributed by atoms with Crippen molar-refractivity contribution in [1.82, 2.24) is 9.99 Å². The number of anilines is 1. The fourth-order valence-electron chi connectivity index (χ4n) is 2.42. The number of hydrazine groups is 1. The Morgan fingerprint density at radius 2 is 1.86 bits per heavy atom. The van der Waals surface area contributed by atoms with Gasteiger partial charge in [-0.1, -0.05) is 18.2 Å². The number of amides is 1. The topological polar surface area (TPSA) is 72.4 Å². The largest absolute Gasteiger partial charge is 0.489 e. The molecular formula is C20H17F2N3O3. The Hall–Kier alpha value is -3.68.